The third-order valence-corrected chi connectivity index (χ3v) is 4.83. The van der Waals surface area contributed by atoms with E-state index in [1.807, 2.05) is 30.4 Å². The number of carbonyl (C=O) groups excluding carboxylic acids is 1. The van der Waals surface area contributed by atoms with Gasteiger partial charge in [0.05, 0.1) is 12.1 Å². The summed E-state index contributed by atoms with van der Waals surface area (Å²) in [6.45, 7) is 0.0832. The highest BCUT2D eigenvalue weighted by Crippen LogP contribution is 2.36. The van der Waals surface area contributed by atoms with E-state index in [2.05, 4.69) is 0 Å². The van der Waals surface area contributed by atoms with E-state index >= 15 is 0 Å². The van der Waals surface area contributed by atoms with Crippen LogP contribution in [0.3, 0.4) is 0 Å². The molecule has 1 aromatic rings. The molecule has 3 rings (SSSR count). The third kappa shape index (κ3) is 3.50. The van der Waals surface area contributed by atoms with Crippen LogP contribution in [0.2, 0.25) is 0 Å². The number of alkyl halides is 1. The van der Waals surface area contributed by atoms with Gasteiger partial charge in [0.15, 0.2) is 0 Å². The fraction of sp³-hybridized carbons (Fsp3) is 0.250. The van der Waals surface area contributed by atoms with Crippen LogP contribution in [0, 0.1) is 11.6 Å². The van der Waals surface area contributed by atoms with E-state index in [9.17, 15) is 13.6 Å². The predicted molar refractivity (Wildman–Crippen MR) is 99.5 cm³/mol. The van der Waals surface area contributed by atoms with Gasteiger partial charge in [0.25, 0.3) is 0 Å². The second-order valence-corrected chi connectivity index (χ2v) is 6.40. The zero-order chi connectivity index (χ0) is 18.7. The van der Waals surface area contributed by atoms with E-state index in [-0.39, 0.29) is 23.9 Å². The molecule has 1 heterocycles. The lowest BCUT2D eigenvalue weighted by Crippen LogP contribution is -2.47. The highest BCUT2D eigenvalue weighted by Gasteiger charge is 2.39. The summed E-state index contributed by atoms with van der Waals surface area (Å²) >= 11 is 5.80. The Morgan fingerprint density at radius 3 is 2.81 bits per heavy atom. The summed E-state index contributed by atoms with van der Waals surface area (Å²) in [6.07, 6.45) is 12.0. The first-order valence-corrected chi connectivity index (χ1v) is 8.87. The van der Waals surface area contributed by atoms with Crippen LogP contribution in [0.1, 0.15) is 12.0 Å². The second-order valence-electron chi connectivity index (χ2n) is 6.14. The Hall–Kier alpha value is -2.24. The highest BCUT2D eigenvalue weighted by molar-refractivity contribution is 6.27. The van der Waals surface area contributed by atoms with Crippen molar-refractivity contribution in [1.29, 1.82) is 0 Å². The number of halogens is 3. The Bertz CT molecular complexity index is 829. The summed E-state index contributed by atoms with van der Waals surface area (Å²) in [7, 11) is 0. The van der Waals surface area contributed by atoms with Crippen LogP contribution in [-0.4, -0.2) is 35.3 Å². The van der Waals surface area contributed by atoms with Gasteiger partial charge in [-0.2, -0.15) is 0 Å². The van der Waals surface area contributed by atoms with E-state index in [0.29, 0.717) is 12.0 Å². The van der Waals surface area contributed by atoms with Crippen LogP contribution in [0.4, 0.5) is 8.78 Å². The Kier molecular flexibility index (Phi) is 5.69. The van der Waals surface area contributed by atoms with Gasteiger partial charge in [-0.3, -0.25) is 4.79 Å². The quantitative estimate of drug-likeness (QED) is 0.816. The molecule has 3 nitrogen and oxygen atoms in total. The van der Waals surface area contributed by atoms with E-state index < -0.39 is 23.7 Å². The van der Waals surface area contributed by atoms with Crippen LogP contribution in [-0.2, 0) is 4.79 Å². The molecular formula is C20H19ClF2N2O. The maximum absolute atomic E-state index is 14.4. The molecule has 6 heteroatoms. The van der Waals surface area contributed by atoms with Crippen LogP contribution in [0.5, 0.6) is 0 Å². The van der Waals surface area contributed by atoms with Crippen molar-refractivity contribution in [2.75, 3.05) is 12.4 Å². The van der Waals surface area contributed by atoms with Gasteiger partial charge in [-0.05, 0) is 35.8 Å². The first-order valence-electron chi connectivity index (χ1n) is 8.33. The fourth-order valence-electron chi connectivity index (χ4n) is 3.43. The average molecular weight is 377 g/mol. The normalized spacial score (nSPS) is 22.2. The van der Waals surface area contributed by atoms with E-state index in [0.717, 1.165) is 23.8 Å². The molecule has 0 aromatic heterocycles. The molecule has 1 aliphatic carbocycles. The highest BCUT2D eigenvalue weighted by atomic mass is 35.5. The number of carbonyl (C=O) groups is 1. The molecule has 26 heavy (non-hydrogen) atoms. The molecule has 2 aliphatic rings. The van der Waals surface area contributed by atoms with Crippen molar-refractivity contribution in [3.63, 3.8) is 0 Å². The van der Waals surface area contributed by atoms with Crippen LogP contribution in [0.25, 0.3) is 5.57 Å². The maximum atomic E-state index is 14.4. The Morgan fingerprint density at radius 1 is 1.27 bits per heavy atom. The Labute approximate surface area is 156 Å². The summed E-state index contributed by atoms with van der Waals surface area (Å²) in [5, 5.41) is 0. The first kappa shape index (κ1) is 18.5. The molecule has 0 saturated heterocycles. The van der Waals surface area contributed by atoms with Gasteiger partial charge < -0.3 is 10.6 Å². The lowest BCUT2D eigenvalue weighted by molar-refractivity contribution is -0.130. The van der Waals surface area contributed by atoms with Crippen molar-refractivity contribution in [2.24, 2.45) is 5.73 Å². The van der Waals surface area contributed by atoms with Gasteiger partial charge in [0, 0.05) is 12.1 Å². The molecule has 1 aliphatic heterocycles. The number of hydrogen-bond acceptors (Lipinski definition) is 2. The van der Waals surface area contributed by atoms with Crippen molar-refractivity contribution in [3.05, 3.63) is 77.4 Å². The van der Waals surface area contributed by atoms with Gasteiger partial charge >= 0.3 is 0 Å². The minimum Gasteiger partial charge on any atom is -0.328 e. The number of amides is 1. The Morgan fingerprint density at radius 2 is 2.08 bits per heavy atom. The number of allylic oxidation sites excluding steroid dienone is 5. The molecule has 0 radical (unpaired) electrons. The van der Waals surface area contributed by atoms with Gasteiger partial charge in [-0.1, -0.05) is 36.5 Å². The van der Waals surface area contributed by atoms with Gasteiger partial charge in [0.2, 0.25) is 5.91 Å². The standard InChI is InChI=1S/C20H19ClF2N2O/c21-11-20(26)25-18(13-5-3-1-2-4-6-13)10-16(19(25)12-24)15-9-14(22)7-8-17(15)23/h1-5,7-10,18-19H,6,11-12,24H2. The van der Waals surface area contributed by atoms with E-state index in [4.69, 9.17) is 17.3 Å². The molecule has 0 spiro atoms. The zero-order valence-corrected chi connectivity index (χ0v) is 14.8. The Balaban J connectivity index is 2.10. The number of nitrogens with zero attached hydrogens (tertiary/aromatic N) is 1. The molecule has 0 fully saturated rings. The number of rotatable bonds is 4. The minimum absolute atomic E-state index is 0.0832. The van der Waals surface area contributed by atoms with E-state index in [1.165, 1.54) is 0 Å². The summed E-state index contributed by atoms with van der Waals surface area (Å²) in [5.74, 6) is -1.60. The summed E-state index contributed by atoms with van der Waals surface area (Å²) < 4.78 is 28.1. The van der Waals surface area contributed by atoms with Gasteiger partial charge in [-0.15, -0.1) is 11.6 Å². The monoisotopic (exact) mass is 376 g/mol. The lowest BCUT2D eigenvalue weighted by Gasteiger charge is -2.32. The van der Waals surface area contributed by atoms with Crippen molar-refractivity contribution >= 4 is 23.1 Å². The van der Waals surface area contributed by atoms with Crippen molar-refractivity contribution < 1.29 is 13.6 Å². The summed E-state index contributed by atoms with van der Waals surface area (Å²) in [4.78, 5) is 14.1. The van der Waals surface area contributed by atoms with Crippen molar-refractivity contribution in [3.8, 4) is 0 Å². The van der Waals surface area contributed by atoms with Crippen LogP contribution < -0.4 is 5.73 Å². The smallest absolute Gasteiger partial charge is 0.238 e. The molecule has 136 valence electrons. The third-order valence-electron chi connectivity index (χ3n) is 4.60. The molecule has 2 atom stereocenters. The van der Waals surface area contributed by atoms with Crippen LogP contribution in [0.15, 0.2) is 60.2 Å². The zero-order valence-electron chi connectivity index (χ0n) is 14.0. The SMILES string of the molecule is NCC1C(c2cc(F)ccc2F)=CC(C2=CC=CC=CC2)N1C(=O)CCl. The molecule has 0 bridgehead atoms. The molecule has 1 aromatic carbocycles. The minimum atomic E-state index is -0.570. The maximum Gasteiger partial charge on any atom is 0.238 e. The molecule has 2 N–H and O–H groups in total. The molecule has 1 amide bonds. The summed E-state index contributed by atoms with van der Waals surface area (Å²) in [6, 6.07) is 2.31. The second kappa shape index (κ2) is 7.98. The van der Waals surface area contributed by atoms with Crippen molar-refractivity contribution in [2.45, 2.75) is 18.5 Å². The van der Waals surface area contributed by atoms with Gasteiger partial charge in [0.1, 0.15) is 17.5 Å². The number of nitrogens with two attached hydrogens (primary N) is 1. The van der Waals surface area contributed by atoms with E-state index in [1.54, 1.807) is 11.0 Å². The first-order chi connectivity index (χ1) is 12.6. The summed E-state index contributed by atoms with van der Waals surface area (Å²) in [5.41, 5.74) is 7.50. The van der Waals surface area contributed by atoms with Crippen LogP contribution >= 0.6 is 11.6 Å². The number of benzene rings is 1. The predicted octanol–water partition coefficient (Wildman–Crippen LogP) is 3.57. The molecular weight excluding hydrogens is 358 g/mol. The largest absolute Gasteiger partial charge is 0.328 e. The number of hydrogen-bond donors (Lipinski definition) is 1. The lowest BCUT2D eigenvalue weighted by atomic mass is 9.98. The topological polar surface area (TPSA) is 46.3 Å². The van der Waals surface area contributed by atoms with Gasteiger partial charge in [-0.25, -0.2) is 8.78 Å². The molecule has 2 unspecified atom stereocenters. The average Bonchev–Trinajstić information content (AvgIpc) is 2.82. The molecule has 0 saturated carbocycles. The fourth-order valence-corrected chi connectivity index (χ4v) is 3.57. The van der Waals surface area contributed by atoms with Crippen molar-refractivity contribution in [1.82, 2.24) is 4.90 Å².